The Morgan fingerprint density at radius 1 is 1.50 bits per heavy atom. The van der Waals surface area contributed by atoms with Gasteiger partial charge in [0.2, 0.25) is 5.91 Å². The Bertz CT molecular complexity index is 366. The summed E-state index contributed by atoms with van der Waals surface area (Å²) >= 11 is 0. The lowest BCUT2D eigenvalue weighted by molar-refractivity contribution is -0.119. The standard InChI is InChI=1S/C11H16N2O3/c1-12-11(15)7-13-6-8-3-4-9(16-2)5-10(8)14/h3-5,13-14H,6-7H2,1-2H3,(H,12,15). The molecule has 1 aromatic rings. The Hall–Kier alpha value is -1.75. The number of benzene rings is 1. The number of carbonyl (C=O) groups is 1. The summed E-state index contributed by atoms with van der Waals surface area (Å²) < 4.78 is 4.97. The quantitative estimate of drug-likeness (QED) is 0.670. The van der Waals surface area contributed by atoms with Gasteiger partial charge in [-0.25, -0.2) is 0 Å². The Labute approximate surface area is 94.4 Å². The molecule has 1 aromatic carbocycles. The van der Waals surface area contributed by atoms with E-state index in [0.29, 0.717) is 12.3 Å². The highest BCUT2D eigenvalue weighted by Crippen LogP contribution is 2.22. The van der Waals surface area contributed by atoms with Gasteiger partial charge in [-0.2, -0.15) is 0 Å². The second-order valence-electron chi connectivity index (χ2n) is 3.27. The van der Waals surface area contributed by atoms with Crippen molar-refractivity contribution < 1.29 is 14.6 Å². The highest BCUT2D eigenvalue weighted by Gasteiger charge is 2.03. The van der Waals surface area contributed by atoms with Gasteiger partial charge in [0.15, 0.2) is 0 Å². The van der Waals surface area contributed by atoms with Gasteiger partial charge in [-0.1, -0.05) is 6.07 Å². The molecule has 0 bridgehead atoms. The van der Waals surface area contributed by atoms with E-state index in [1.54, 1.807) is 19.2 Å². The molecule has 0 radical (unpaired) electrons. The van der Waals surface area contributed by atoms with Crippen LogP contribution in [0.2, 0.25) is 0 Å². The minimum Gasteiger partial charge on any atom is -0.507 e. The molecule has 0 saturated heterocycles. The molecule has 0 fully saturated rings. The van der Waals surface area contributed by atoms with Crippen LogP contribution in [0.15, 0.2) is 18.2 Å². The predicted molar refractivity (Wildman–Crippen MR) is 60.4 cm³/mol. The van der Waals surface area contributed by atoms with Gasteiger partial charge in [0, 0.05) is 25.2 Å². The molecule has 0 aliphatic heterocycles. The van der Waals surface area contributed by atoms with E-state index < -0.39 is 0 Å². The maximum absolute atomic E-state index is 10.9. The number of amides is 1. The van der Waals surface area contributed by atoms with Gasteiger partial charge in [-0.3, -0.25) is 4.79 Å². The Balaban J connectivity index is 2.51. The molecule has 3 N–H and O–H groups in total. The highest BCUT2D eigenvalue weighted by atomic mass is 16.5. The monoisotopic (exact) mass is 224 g/mol. The third-order valence-electron chi connectivity index (χ3n) is 2.17. The normalized spacial score (nSPS) is 9.88. The van der Waals surface area contributed by atoms with Gasteiger partial charge in [0.1, 0.15) is 11.5 Å². The fraction of sp³-hybridized carbons (Fsp3) is 0.364. The van der Waals surface area contributed by atoms with Crippen molar-refractivity contribution in [1.29, 1.82) is 0 Å². The van der Waals surface area contributed by atoms with Gasteiger partial charge in [0.25, 0.3) is 0 Å². The second kappa shape index (κ2) is 5.97. The van der Waals surface area contributed by atoms with Crippen molar-refractivity contribution in [1.82, 2.24) is 10.6 Å². The molecule has 1 rings (SSSR count). The van der Waals surface area contributed by atoms with Gasteiger partial charge < -0.3 is 20.5 Å². The van der Waals surface area contributed by atoms with Crippen molar-refractivity contribution in [2.75, 3.05) is 20.7 Å². The van der Waals surface area contributed by atoms with Crippen LogP contribution >= 0.6 is 0 Å². The Morgan fingerprint density at radius 3 is 2.81 bits per heavy atom. The summed E-state index contributed by atoms with van der Waals surface area (Å²) in [4.78, 5) is 10.9. The molecule has 0 spiro atoms. The lowest BCUT2D eigenvalue weighted by Crippen LogP contribution is -2.30. The number of nitrogens with one attached hydrogen (secondary N) is 2. The molecular formula is C11H16N2O3. The van der Waals surface area contributed by atoms with Crippen molar-refractivity contribution in [3.05, 3.63) is 23.8 Å². The molecule has 16 heavy (non-hydrogen) atoms. The van der Waals surface area contributed by atoms with E-state index in [4.69, 9.17) is 4.74 Å². The summed E-state index contributed by atoms with van der Waals surface area (Å²) in [5.41, 5.74) is 0.727. The highest BCUT2D eigenvalue weighted by molar-refractivity contribution is 5.77. The molecule has 0 aliphatic rings. The minimum atomic E-state index is -0.0898. The van der Waals surface area contributed by atoms with Crippen molar-refractivity contribution >= 4 is 5.91 Å². The second-order valence-corrected chi connectivity index (χ2v) is 3.27. The van der Waals surface area contributed by atoms with E-state index in [1.165, 1.54) is 13.2 Å². The van der Waals surface area contributed by atoms with Gasteiger partial charge in [0.05, 0.1) is 13.7 Å². The van der Waals surface area contributed by atoms with E-state index in [9.17, 15) is 9.90 Å². The molecule has 0 heterocycles. The van der Waals surface area contributed by atoms with E-state index in [2.05, 4.69) is 10.6 Å². The summed E-state index contributed by atoms with van der Waals surface area (Å²) in [7, 11) is 3.12. The summed E-state index contributed by atoms with van der Waals surface area (Å²) in [6, 6.07) is 5.05. The van der Waals surface area contributed by atoms with Crippen LogP contribution in [0.4, 0.5) is 0 Å². The topological polar surface area (TPSA) is 70.6 Å². The number of likely N-dealkylation sites (N-methyl/N-ethyl adjacent to an activating group) is 1. The number of aromatic hydroxyl groups is 1. The summed E-state index contributed by atoms with van der Waals surface area (Å²) in [5, 5.41) is 15.0. The fourth-order valence-electron chi connectivity index (χ4n) is 1.22. The van der Waals surface area contributed by atoms with Crippen LogP contribution in [-0.4, -0.2) is 31.7 Å². The number of ether oxygens (including phenoxy) is 1. The van der Waals surface area contributed by atoms with Crippen molar-refractivity contribution in [3.63, 3.8) is 0 Å². The molecule has 5 nitrogen and oxygen atoms in total. The zero-order valence-corrected chi connectivity index (χ0v) is 9.41. The maximum atomic E-state index is 10.9. The van der Waals surface area contributed by atoms with Gasteiger partial charge in [-0.05, 0) is 6.07 Å². The molecule has 1 amide bonds. The zero-order chi connectivity index (χ0) is 12.0. The first-order chi connectivity index (χ1) is 7.67. The van der Waals surface area contributed by atoms with E-state index in [-0.39, 0.29) is 18.2 Å². The van der Waals surface area contributed by atoms with Crippen molar-refractivity contribution in [2.24, 2.45) is 0 Å². The van der Waals surface area contributed by atoms with Gasteiger partial charge >= 0.3 is 0 Å². The van der Waals surface area contributed by atoms with Crippen LogP contribution in [0.25, 0.3) is 0 Å². The molecule has 88 valence electrons. The lowest BCUT2D eigenvalue weighted by atomic mass is 10.2. The third-order valence-corrected chi connectivity index (χ3v) is 2.17. The average molecular weight is 224 g/mol. The number of phenols is 1. The first-order valence-electron chi connectivity index (χ1n) is 4.94. The van der Waals surface area contributed by atoms with Crippen LogP contribution in [0, 0.1) is 0 Å². The number of hydrogen-bond donors (Lipinski definition) is 3. The average Bonchev–Trinajstić information content (AvgIpc) is 2.30. The molecule has 0 aliphatic carbocycles. The third kappa shape index (κ3) is 3.43. The van der Waals surface area contributed by atoms with Crippen molar-refractivity contribution in [2.45, 2.75) is 6.54 Å². The molecule has 5 heteroatoms. The summed E-state index contributed by atoms with van der Waals surface area (Å²) in [6.45, 7) is 0.658. The smallest absolute Gasteiger partial charge is 0.233 e. The lowest BCUT2D eigenvalue weighted by Gasteiger charge is -2.07. The molecule has 0 aromatic heterocycles. The van der Waals surface area contributed by atoms with Crippen LogP contribution < -0.4 is 15.4 Å². The molecular weight excluding hydrogens is 208 g/mol. The van der Waals surface area contributed by atoms with Crippen LogP contribution in [0.3, 0.4) is 0 Å². The van der Waals surface area contributed by atoms with Crippen LogP contribution in [0.5, 0.6) is 11.5 Å². The minimum absolute atomic E-state index is 0.0898. The number of carbonyl (C=O) groups excluding carboxylic acids is 1. The first-order valence-corrected chi connectivity index (χ1v) is 4.94. The van der Waals surface area contributed by atoms with Crippen molar-refractivity contribution in [3.8, 4) is 11.5 Å². The Kier molecular flexibility index (Phi) is 4.60. The van der Waals surface area contributed by atoms with E-state index >= 15 is 0 Å². The van der Waals surface area contributed by atoms with Crippen LogP contribution in [-0.2, 0) is 11.3 Å². The number of methoxy groups -OCH3 is 1. The summed E-state index contributed by atoms with van der Waals surface area (Å²) in [6.07, 6.45) is 0. The number of rotatable bonds is 5. The van der Waals surface area contributed by atoms with E-state index in [1.807, 2.05) is 0 Å². The predicted octanol–water partition coefficient (Wildman–Crippen LogP) is 0.236. The van der Waals surface area contributed by atoms with E-state index in [0.717, 1.165) is 5.56 Å². The SMILES string of the molecule is CNC(=O)CNCc1ccc(OC)cc1O. The Morgan fingerprint density at radius 2 is 2.25 bits per heavy atom. The number of hydrogen-bond acceptors (Lipinski definition) is 4. The molecule has 0 atom stereocenters. The molecule has 0 unspecified atom stereocenters. The largest absolute Gasteiger partial charge is 0.507 e. The fourth-order valence-corrected chi connectivity index (χ4v) is 1.22. The summed E-state index contributed by atoms with van der Waals surface area (Å²) in [5.74, 6) is 0.671. The van der Waals surface area contributed by atoms with Crippen LogP contribution in [0.1, 0.15) is 5.56 Å². The van der Waals surface area contributed by atoms with Gasteiger partial charge in [-0.15, -0.1) is 0 Å². The molecule has 0 saturated carbocycles. The maximum Gasteiger partial charge on any atom is 0.233 e. The zero-order valence-electron chi connectivity index (χ0n) is 9.41. The first kappa shape index (κ1) is 12.3. The number of phenolic OH excluding ortho intramolecular Hbond substituents is 1.